The van der Waals surface area contributed by atoms with Crippen molar-refractivity contribution in [1.82, 2.24) is 4.98 Å². The highest BCUT2D eigenvalue weighted by Gasteiger charge is 2.35. The Bertz CT molecular complexity index is 399. The number of fused-ring (bicyclic) bond motifs is 1. The Morgan fingerprint density at radius 3 is 2.50 bits per heavy atom. The lowest BCUT2D eigenvalue weighted by molar-refractivity contribution is 0.325. The van der Waals surface area contributed by atoms with Crippen molar-refractivity contribution in [2.45, 2.75) is 58.9 Å². The van der Waals surface area contributed by atoms with E-state index in [1.165, 1.54) is 23.4 Å². The third-order valence-corrected chi connectivity index (χ3v) is 4.73. The van der Waals surface area contributed by atoms with Gasteiger partial charge in [-0.3, -0.25) is 0 Å². The molecule has 0 spiro atoms. The summed E-state index contributed by atoms with van der Waals surface area (Å²) in [5, 5.41) is 1.12. The van der Waals surface area contributed by atoms with Crippen LogP contribution in [0.4, 0.5) is 0 Å². The Balaban J connectivity index is 2.35. The van der Waals surface area contributed by atoms with E-state index in [1.54, 1.807) is 0 Å². The smallest absolute Gasteiger partial charge is 0.110 e. The number of aryl methyl sites for hydroxylation is 1. The Morgan fingerprint density at radius 1 is 1.38 bits per heavy atom. The molecule has 0 saturated heterocycles. The monoisotopic (exact) mass is 238 g/mol. The van der Waals surface area contributed by atoms with Gasteiger partial charge in [0.1, 0.15) is 5.01 Å². The zero-order valence-corrected chi connectivity index (χ0v) is 11.7. The lowest BCUT2D eigenvalue weighted by atomic mass is 9.87. The number of aromatic nitrogens is 1. The minimum Gasteiger partial charge on any atom is -0.322 e. The molecule has 0 bridgehead atoms. The molecule has 2 N–H and O–H groups in total. The van der Waals surface area contributed by atoms with Gasteiger partial charge in [0.15, 0.2) is 0 Å². The summed E-state index contributed by atoms with van der Waals surface area (Å²) < 4.78 is 0. The minimum absolute atomic E-state index is 0.0545. The van der Waals surface area contributed by atoms with Crippen molar-refractivity contribution in [1.29, 1.82) is 0 Å². The second-order valence-corrected chi connectivity index (χ2v) is 7.67. The van der Waals surface area contributed by atoms with Crippen LogP contribution in [0, 0.1) is 5.41 Å². The maximum absolute atomic E-state index is 6.27. The van der Waals surface area contributed by atoms with Crippen LogP contribution in [0.2, 0.25) is 0 Å². The summed E-state index contributed by atoms with van der Waals surface area (Å²) in [6.07, 6.45) is 2.41. The normalized spacial score (nSPS) is 20.9. The highest BCUT2D eigenvalue weighted by molar-refractivity contribution is 7.11. The highest BCUT2D eigenvalue weighted by atomic mass is 32.1. The number of thiazole rings is 1. The van der Waals surface area contributed by atoms with E-state index in [9.17, 15) is 0 Å². The standard InChI is InChI=1S/C13H22N2S/c1-12(2,3)9(14)11-15-10-8(16-11)6-7-13(10,4)5/h9H,6-7,14H2,1-5H3. The van der Waals surface area contributed by atoms with Gasteiger partial charge in [0.05, 0.1) is 11.7 Å². The molecule has 1 aliphatic rings. The molecule has 1 unspecified atom stereocenters. The summed E-state index contributed by atoms with van der Waals surface area (Å²) >= 11 is 1.82. The van der Waals surface area contributed by atoms with E-state index in [1.807, 2.05) is 11.3 Å². The van der Waals surface area contributed by atoms with Crippen molar-refractivity contribution in [3.8, 4) is 0 Å². The molecule has 3 heteroatoms. The van der Waals surface area contributed by atoms with Crippen LogP contribution in [0.15, 0.2) is 0 Å². The largest absolute Gasteiger partial charge is 0.322 e. The first kappa shape index (κ1) is 12.1. The Morgan fingerprint density at radius 2 is 2.00 bits per heavy atom. The van der Waals surface area contributed by atoms with Crippen molar-refractivity contribution >= 4 is 11.3 Å². The van der Waals surface area contributed by atoms with E-state index in [0.717, 1.165) is 5.01 Å². The molecule has 0 aromatic carbocycles. The predicted molar refractivity (Wildman–Crippen MR) is 69.8 cm³/mol. The van der Waals surface area contributed by atoms with Gasteiger partial charge in [0.25, 0.3) is 0 Å². The summed E-state index contributed by atoms with van der Waals surface area (Å²) in [5.41, 5.74) is 7.91. The molecule has 2 rings (SSSR count). The first-order valence-corrected chi connectivity index (χ1v) is 6.79. The maximum atomic E-state index is 6.27. The van der Waals surface area contributed by atoms with E-state index < -0.39 is 0 Å². The van der Waals surface area contributed by atoms with Crippen molar-refractivity contribution in [2.24, 2.45) is 11.1 Å². The van der Waals surface area contributed by atoms with Crippen molar-refractivity contribution in [3.05, 3.63) is 15.6 Å². The average Bonchev–Trinajstić information content (AvgIpc) is 2.65. The number of hydrogen-bond acceptors (Lipinski definition) is 3. The predicted octanol–water partition coefficient (Wildman–Crippen LogP) is 3.41. The van der Waals surface area contributed by atoms with Crippen molar-refractivity contribution in [2.75, 3.05) is 0 Å². The summed E-state index contributed by atoms with van der Waals surface area (Å²) in [7, 11) is 0. The molecular weight excluding hydrogens is 216 g/mol. The van der Waals surface area contributed by atoms with Gasteiger partial charge >= 0.3 is 0 Å². The summed E-state index contributed by atoms with van der Waals surface area (Å²) in [5.74, 6) is 0. The second-order valence-electron chi connectivity index (χ2n) is 6.55. The Hall–Kier alpha value is -0.410. The molecule has 1 atom stereocenters. The van der Waals surface area contributed by atoms with E-state index in [4.69, 9.17) is 10.7 Å². The zero-order chi connectivity index (χ0) is 12.1. The molecule has 1 aliphatic carbocycles. The minimum atomic E-state index is 0.0545. The number of nitrogens with two attached hydrogens (primary N) is 1. The molecule has 0 aliphatic heterocycles. The highest BCUT2D eigenvalue weighted by Crippen LogP contribution is 2.43. The average molecular weight is 238 g/mol. The van der Waals surface area contributed by atoms with Crippen LogP contribution < -0.4 is 5.73 Å². The molecule has 2 nitrogen and oxygen atoms in total. The molecule has 1 aromatic heterocycles. The van der Waals surface area contributed by atoms with Gasteiger partial charge in [-0.2, -0.15) is 0 Å². The van der Waals surface area contributed by atoms with Gasteiger partial charge in [0.2, 0.25) is 0 Å². The van der Waals surface area contributed by atoms with Gasteiger partial charge < -0.3 is 5.73 Å². The first-order valence-electron chi connectivity index (χ1n) is 5.97. The van der Waals surface area contributed by atoms with Gasteiger partial charge in [-0.1, -0.05) is 34.6 Å². The molecule has 90 valence electrons. The lowest BCUT2D eigenvalue weighted by Gasteiger charge is -2.25. The second kappa shape index (κ2) is 3.54. The summed E-state index contributed by atoms with van der Waals surface area (Å²) in [6, 6.07) is 0.0545. The SMILES string of the molecule is CC1(C)CCc2sc(C(N)C(C)(C)C)nc21. The van der Waals surface area contributed by atoms with Crippen LogP contribution in [0.25, 0.3) is 0 Å². The van der Waals surface area contributed by atoms with Crippen molar-refractivity contribution < 1.29 is 0 Å². The third kappa shape index (κ3) is 1.91. The van der Waals surface area contributed by atoms with Crippen LogP contribution in [-0.4, -0.2) is 4.98 Å². The molecule has 16 heavy (non-hydrogen) atoms. The molecular formula is C13H22N2S. The van der Waals surface area contributed by atoms with E-state index in [2.05, 4.69) is 34.6 Å². The zero-order valence-electron chi connectivity index (χ0n) is 10.9. The fourth-order valence-corrected chi connectivity index (χ4v) is 3.61. The Labute approximate surface area is 102 Å². The molecule has 0 radical (unpaired) electrons. The fraction of sp³-hybridized carbons (Fsp3) is 0.769. The van der Waals surface area contributed by atoms with Crippen LogP contribution in [0.3, 0.4) is 0 Å². The quantitative estimate of drug-likeness (QED) is 0.814. The first-order chi connectivity index (χ1) is 7.22. The molecule has 1 heterocycles. The Kier molecular flexibility index (Phi) is 2.67. The number of rotatable bonds is 1. The van der Waals surface area contributed by atoms with E-state index in [-0.39, 0.29) is 16.9 Å². The van der Waals surface area contributed by atoms with Crippen LogP contribution >= 0.6 is 11.3 Å². The summed E-state index contributed by atoms with van der Waals surface area (Å²) in [6.45, 7) is 11.1. The van der Waals surface area contributed by atoms with E-state index >= 15 is 0 Å². The molecule has 0 amide bonds. The molecule has 0 saturated carbocycles. The van der Waals surface area contributed by atoms with Crippen LogP contribution in [-0.2, 0) is 11.8 Å². The maximum Gasteiger partial charge on any atom is 0.110 e. The fourth-order valence-electron chi connectivity index (χ4n) is 2.12. The van der Waals surface area contributed by atoms with Gasteiger partial charge in [-0.05, 0) is 18.3 Å². The van der Waals surface area contributed by atoms with Crippen LogP contribution in [0.1, 0.15) is 62.7 Å². The van der Waals surface area contributed by atoms with Crippen LogP contribution in [0.5, 0.6) is 0 Å². The van der Waals surface area contributed by atoms with Gasteiger partial charge in [0, 0.05) is 10.3 Å². The summed E-state index contributed by atoms with van der Waals surface area (Å²) in [4.78, 5) is 6.26. The lowest BCUT2D eigenvalue weighted by Crippen LogP contribution is -2.26. The van der Waals surface area contributed by atoms with E-state index in [0.29, 0.717) is 0 Å². The van der Waals surface area contributed by atoms with Gasteiger partial charge in [-0.25, -0.2) is 4.98 Å². The number of hydrogen-bond donors (Lipinski definition) is 1. The van der Waals surface area contributed by atoms with Crippen molar-refractivity contribution in [3.63, 3.8) is 0 Å². The molecule has 1 aromatic rings. The topological polar surface area (TPSA) is 38.9 Å². The van der Waals surface area contributed by atoms with Gasteiger partial charge in [-0.15, -0.1) is 11.3 Å². The number of nitrogens with zero attached hydrogens (tertiary/aromatic N) is 1. The molecule has 0 fully saturated rings. The third-order valence-electron chi connectivity index (χ3n) is 3.53.